The number of hydrogen-bond donors (Lipinski definition) is 1. The van der Waals surface area contributed by atoms with Gasteiger partial charge in [0, 0.05) is 19.3 Å². The molecule has 1 aliphatic rings. The first-order valence-corrected chi connectivity index (χ1v) is 5.65. The number of likely N-dealkylation sites (tertiary alicyclic amines) is 1. The third-order valence-electron chi connectivity index (χ3n) is 3.11. The third-order valence-corrected chi connectivity index (χ3v) is 3.11. The minimum atomic E-state index is -0.388. The van der Waals surface area contributed by atoms with E-state index in [1.165, 1.54) is 0 Å². The second-order valence-electron chi connectivity index (χ2n) is 4.28. The first-order chi connectivity index (χ1) is 8.25. The third kappa shape index (κ3) is 1.68. The first kappa shape index (κ1) is 10.3. The Labute approximate surface area is 98.3 Å². The number of rotatable bonds is 1. The summed E-state index contributed by atoms with van der Waals surface area (Å²) < 4.78 is 1.68. The number of aromatic nitrogens is 2. The second kappa shape index (κ2) is 3.85. The average Bonchev–Trinajstić information content (AvgIpc) is 2.94. The Morgan fingerprint density at radius 3 is 3.12 bits per heavy atom. The molecule has 2 aromatic rings. The number of aliphatic hydroxyl groups excluding tert-OH is 1. The number of hydrogen-bond acceptors (Lipinski definition) is 3. The number of carbonyl (C=O) groups is 1. The van der Waals surface area contributed by atoms with Gasteiger partial charge in [0.05, 0.1) is 23.4 Å². The van der Waals surface area contributed by atoms with Crippen LogP contribution in [0.1, 0.15) is 16.8 Å². The fraction of sp³-hybridized carbons (Fsp3) is 0.333. The van der Waals surface area contributed by atoms with Gasteiger partial charge >= 0.3 is 0 Å². The minimum Gasteiger partial charge on any atom is -0.391 e. The molecule has 5 nitrogen and oxygen atoms in total. The van der Waals surface area contributed by atoms with Crippen LogP contribution in [-0.4, -0.2) is 44.7 Å². The van der Waals surface area contributed by atoms with E-state index in [0.717, 1.165) is 5.52 Å². The molecule has 1 amide bonds. The molecule has 3 heterocycles. The van der Waals surface area contributed by atoms with E-state index >= 15 is 0 Å². The molecule has 0 radical (unpaired) electrons. The van der Waals surface area contributed by atoms with E-state index in [4.69, 9.17) is 0 Å². The van der Waals surface area contributed by atoms with Crippen molar-refractivity contribution < 1.29 is 9.90 Å². The topological polar surface area (TPSA) is 57.8 Å². The number of β-amino-alcohol motifs (C(OH)–C–C–N with tert-alkyl or cyclic N) is 1. The van der Waals surface area contributed by atoms with Crippen LogP contribution in [0.5, 0.6) is 0 Å². The van der Waals surface area contributed by atoms with Crippen molar-refractivity contribution in [1.82, 2.24) is 14.5 Å². The van der Waals surface area contributed by atoms with Gasteiger partial charge in [-0.15, -0.1) is 0 Å². The lowest BCUT2D eigenvalue weighted by molar-refractivity contribution is 0.0767. The van der Waals surface area contributed by atoms with Gasteiger partial charge in [-0.05, 0) is 18.6 Å². The maximum Gasteiger partial charge on any atom is 0.257 e. The molecule has 0 bridgehead atoms. The van der Waals surface area contributed by atoms with Gasteiger partial charge in [-0.2, -0.15) is 5.10 Å². The van der Waals surface area contributed by atoms with Crippen molar-refractivity contribution in [2.24, 2.45) is 0 Å². The smallest absolute Gasteiger partial charge is 0.257 e. The number of carbonyl (C=O) groups excluding carboxylic acids is 1. The van der Waals surface area contributed by atoms with Crippen molar-refractivity contribution in [1.29, 1.82) is 0 Å². The number of pyridine rings is 1. The van der Waals surface area contributed by atoms with Gasteiger partial charge < -0.3 is 10.0 Å². The lowest BCUT2D eigenvalue weighted by Crippen LogP contribution is -2.29. The molecule has 1 saturated heterocycles. The Morgan fingerprint density at radius 1 is 1.47 bits per heavy atom. The minimum absolute atomic E-state index is 0.0530. The van der Waals surface area contributed by atoms with Crippen molar-refractivity contribution >= 4 is 11.4 Å². The van der Waals surface area contributed by atoms with E-state index in [1.54, 1.807) is 15.6 Å². The maximum absolute atomic E-state index is 12.2. The molecular formula is C12H13N3O2. The first-order valence-electron chi connectivity index (χ1n) is 5.65. The molecule has 1 aliphatic heterocycles. The zero-order valence-electron chi connectivity index (χ0n) is 9.28. The van der Waals surface area contributed by atoms with Crippen LogP contribution in [0.2, 0.25) is 0 Å². The van der Waals surface area contributed by atoms with Crippen LogP contribution in [0.4, 0.5) is 0 Å². The molecule has 5 heteroatoms. The number of fused-ring (bicyclic) bond motifs is 1. The molecule has 0 unspecified atom stereocenters. The van der Waals surface area contributed by atoms with Crippen molar-refractivity contribution in [3.8, 4) is 0 Å². The highest BCUT2D eigenvalue weighted by Gasteiger charge is 2.26. The Balaban J connectivity index is 1.96. The van der Waals surface area contributed by atoms with Crippen molar-refractivity contribution in [2.45, 2.75) is 12.5 Å². The molecule has 0 aromatic carbocycles. The van der Waals surface area contributed by atoms with Gasteiger partial charge in [0.25, 0.3) is 5.91 Å². The van der Waals surface area contributed by atoms with Crippen molar-refractivity contribution in [2.75, 3.05) is 13.1 Å². The van der Waals surface area contributed by atoms with Crippen LogP contribution in [-0.2, 0) is 0 Å². The summed E-state index contributed by atoms with van der Waals surface area (Å²) in [5.41, 5.74) is 1.40. The van der Waals surface area contributed by atoms with E-state index in [2.05, 4.69) is 5.10 Å². The highest BCUT2D eigenvalue weighted by Crippen LogP contribution is 2.17. The summed E-state index contributed by atoms with van der Waals surface area (Å²) in [7, 11) is 0. The Kier molecular flexibility index (Phi) is 2.33. The number of nitrogens with zero attached hydrogens (tertiary/aromatic N) is 3. The van der Waals surface area contributed by atoms with Crippen LogP contribution in [0.3, 0.4) is 0 Å². The van der Waals surface area contributed by atoms with Crippen LogP contribution < -0.4 is 0 Å². The van der Waals surface area contributed by atoms with Gasteiger partial charge in [-0.3, -0.25) is 4.79 Å². The molecule has 0 saturated carbocycles. The van der Waals surface area contributed by atoms with Crippen LogP contribution in [0, 0.1) is 0 Å². The zero-order chi connectivity index (χ0) is 11.8. The molecule has 1 atom stereocenters. The fourth-order valence-corrected chi connectivity index (χ4v) is 2.20. The van der Waals surface area contributed by atoms with E-state index in [1.807, 2.05) is 24.4 Å². The lowest BCUT2D eigenvalue weighted by atomic mass is 10.2. The molecule has 0 aliphatic carbocycles. The molecule has 0 spiro atoms. The maximum atomic E-state index is 12.2. The molecule has 2 aromatic heterocycles. The summed E-state index contributed by atoms with van der Waals surface area (Å²) in [6, 6.07) is 5.62. The standard InChI is InChI=1S/C12H13N3O2/c16-9-4-6-14(8-9)12(17)10-7-13-15-5-2-1-3-11(10)15/h1-3,5,7,9,16H,4,6,8H2/t9-/m1/s1. The van der Waals surface area contributed by atoms with E-state index in [9.17, 15) is 9.90 Å². The Hall–Kier alpha value is -1.88. The largest absolute Gasteiger partial charge is 0.391 e. The predicted octanol–water partition coefficient (Wildman–Crippen LogP) is 0.541. The van der Waals surface area contributed by atoms with Crippen LogP contribution >= 0.6 is 0 Å². The Morgan fingerprint density at radius 2 is 2.35 bits per heavy atom. The monoisotopic (exact) mass is 231 g/mol. The van der Waals surface area contributed by atoms with Gasteiger partial charge in [-0.25, -0.2) is 4.52 Å². The summed E-state index contributed by atoms with van der Waals surface area (Å²) in [6.07, 6.45) is 3.67. The quantitative estimate of drug-likeness (QED) is 0.779. The van der Waals surface area contributed by atoms with Gasteiger partial charge in [0.2, 0.25) is 0 Å². The lowest BCUT2D eigenvalue weighted by Gasteiger charge is -2.14. The molecular weight excluding hydrogens is 218 g/mol. The fourth-order valence-electron chi connectivity index (χ4n) is 2.20. The van der Waals surface area contributed by atoms with E-state index < -0.39 is 0 Å². The number of aliphatic hydroxyl groups is 1. The highest BCUT2D eigenvalue weighted by molar-refractivity contribution is 6.00. The van der Waals surface area contributed by atoms with E-state index in [0.29, 0.717) is 25.1 Å². The molecule has 17 heavy (non-hydrogen) atoms. The Bertz CT molecular complexity index is 564. The number of amides is 1. The van der Waals surface area contributed by atoms with Crippen LogP contribution in [0.15, 0.2) is 30.6 Å². The molecule has 3 rings (SSSR count). The van der Waals surface area contributed by atoms with Gasteiger partial charge in [0.1, 0.15) is 0 Å². The summed E-state index contributed by atoms with van der Waals surface area (Å²) in [6.45, 7) is 1.03. The zero-order valence-corrected chi connectivity index (χ0v) is 9.28. The van der Waals surface area contributed by atoms with Crippen molar-refractivity contribution in [3.63, 3.8) is 0 Å². The van der Waals surface area contributed by atoms with Crippen LogP contribution in [0.25, 0.3) is 5.52 Å². The summed E-state index contributed by atoms with van der Waals surface area (Å²) in [4.78, 5) is 13.9. The summed E-state index contributed by atoms with van der Waals surface area (Å²) in [5.74, 6) is -0.0530. The SMILES string of the molecule is O=C(c1cnn2ccccc12)N1CC[C@@H](O)C1. The molecule has 1 fully saturated rings. The summed E-state index contributed by atoms with van der Waals surface area (Å²) in [5, 5.41) is 13.6. The molecule has 1 N–H and O–H groups in total. The average molecular weight is 231 g/mol. The normalized spacial score (nSPS) is 20.1. The van der Waals surface area contributed by atoms with Crippen molar-refractivity contribution in [3.05, 3.63) is 36.2 Å². The predicted molar refractivity (Wildman–Crippen MR) is 61.7 cm³/mol. The second-order valence-corrected chi connectivity index (χ2v) is 4.28. The summed E-state index contributed by atoms with van der Waals surface area (Å²) >= 11 is 0. The van der Waals surface area contributed by atoms with Gasteiger partial charge in [0.15, 0.2) is 0 Å². The van der Waals surface area contributed by atoms with E-state index in [-0.39, 0.29) is 12.0 Å². The highest BCUT2D eigenvalue weighted by atomic mass is 16.3. The van der Waals surface area contributed by atoms with Gasteiger partial charge in [-0.1, -0.05) is 6.07 Å². The molecule has 88 valence electrons.